The maximum atomic E-state index is 10.9. The van der Waals surface area contributed by atoms with Crippen molar-refractivity contribution in [2.24, 2.45) is 17.8 Å². The summed E-state index contributed by atoms with van der Waals surface area (Å²) in [6.45, 7) is 3.17. The van der Waals surface area contributed by atoms with Gasteiger partial charge in [-0.25, -0.2) is 0 Å². The molecule has 0 aromatic rings. The molecular weight excluding hydrogens is 260 g/mol. The van der Waals surface area contributed by atoms with E-state index >= 15 is 0 Å². The molecule has 0 radical (unpaired) electrons. The Morgan fingerprint density at radius 1 is 1.10 bits per heavy atom. The van der Waals surface area contributed by atoms with Crippen molar-refractivity contribution in [2.45, 2.75) is 95.7 Å². The summed E-state index contributed by atoms with van der Waals surface area (Å²) >= 11 is 0. The van der Waals surface area contributed by atoms with Crippen LogP contribution in [0.5, 0.6) is 0 Å². The van der Waals surface area contributed by atoms with Crippen molar-refractivity contribution < 1.29 is 9.84 Å². The van der Waals surface area contributed by atoms with E-state index in [-0.39, 0.29) is 11.7 Å². The summed E-state index contributed by atoms with van der Waals surface area (Å²) in [6.07, 6.45) is 15.3. The van der Waals surface area contributed by atoms with Crippen LogP contribution < -0.4 is 0 Å². The Bertz CT molecular complexity index is 316. The van der Waals surface area contributed by atoms with Crippen molar-refractivity contribution in [3.05, 3.63) is 0 Å². The van der Waals surface area contributed by atoms with Crippen LogP contribution in [0, 0.1) is 17.8 Å². The molecule has 2 atom stereocenters. The zero-order chi connectivity index (χ0) is 14.7. The van der Waals surface area contributed by atoms with Crippen molar-refractivity contribution in [1.29, 1.82) is 0 Å². The molecule has 122 valence electrons. The normalized spacial score (nSPS) is 37.1. The first-order valence-corrected chi connectivity index (χ1v) is 9.54. The van der Waals surface area contributed by atoms with E-state index in [1.165, 1.54) is 64.2 Å². The van der Waals surface area contributed by atoms with Crippen LogP contribution in [0.4, 0.5) is 0 Å². The minimum Gasteiger partial charge on any atom is -0.393 e. The van der Waals surface area contributed by atoms with Gasteiger partial charge in [-0.2, -0.15) is 0 Å². The van der Waals surface area contributed by atoms with E-state index in [9.17, 15) is 5.11 Å². The summed E-state index contributed by atoms with van der Waals surface area (Å²) < 4.78 is 6.02. The Kier molecular flexibility index (Phi) is 5.27. The van der Waals surface area contributed by atoms with Crippen LogP contribution in [-0.4, -0.2) is 23.4 Å². The summed E-state index contributed by atoms with van der Waals surface area (Å²) in [6, 6.07) is 0. The molecule has 3 rings (SSSR count). The zero-order valence-corrected chi connectivity index (χ0v) is 13.9. The molecule has 1 aliphatic heterocycles. The van der Waals surface area contributed by atoms with Crippen molar-refractivity contribution in [3.8, 4) is 0 Å². The Morgan fingerprint density at radius 3 is 2.48 bits per heavy atom. The van der Waals surface area contributed by atoms with Crippen LogP contribution >= 0.6 is 0 Å². The van der Waals surface area contributed by atoms with Crippen molar-refractivity contribution >= 4 is 0 Å². The maximum absolute atomic E-state index is 10.9. The van der Waals surface area contributed by atoms with Crippen LogP contribution in [0.15, 0.2) is 0 Å². The summed E-state index contributed by atoms with van der Waals surface area (Å²) in [5.41, 5.74) is 0.183. The molecule has 2 unspecified atom stereocenters. The number of hydrogen-bond donors (Lipinski definition) is 1. The predicted molar refractivity (Wildman–Crippen MR) is 86.2 cm³/mol. The van der Waals surface area contributed by atoms with Gasteiger partial charge in [0.1, 0.15) is 0 Å². The molecule has 1 N–H and O–H groups in total. The van der Waals surface area contributed by atoms with E-state index < -0.39 is 0 Å². The first-order valence-electron chi connectivity index (χ1n) is 9.54. The fourth-order valence-electron chi connectivity index (χ4n) is 4.97. The van der Waals surface area contributed by atoms with Crippen LogP contribution in [0.2, 0.25) is 0 Å². The molecule has 2 saturated carbocycles. The predicted octanol–water partition coefficient (Wildman–Crippen LogP) is 4.69. The Labute approximate surface area is 130 Å². The first-order chi connectivity index (χ1) is 10.2. The third-order valence-electron chi connectivity index (χ3n) is 6.62. The third kappa shape index (κ3) is 3.64. The Morgan fingerprint density at radius 2 is 1.86 bits per heavy atom. The molecule has 0 aromatic carbocycles. The largest absolute Gasteiger partial charge is 0.393 e. The van der Waals surface area contributed by atoms with Crippen LogP contribution in [-0.2, 0) is 4.74 Å². The Hall–Kier alpha value is -0.0800. The van der Waals surface area contributed by atoms with Crippen molar-refractivity contribution in [1.82, 2.24) is 0 Å². The highest BCUT2D eigenvalue weighted by atomic mass is 16.5. The molecule has 3 fully saturated rings. The lowest BCUT2D eigenvalue weighted by Gasteiger charge is -2.49. The van der Waals surface area contributed by atoms with Gasteiger partial charge in [-0.1, -0.05) is 39.0 Å². The lowest BCUT2D eigenvalue weighted by molar-refractivity contribution is -0.162. The number of hydrogen-bond acceptors (Lipinski definition) is 2. The molecule has 1 saturated heterocycles. The second-order valence-electron chi connectivity index (χ2n) is 8.05. The highest BCUT2D eigenvalue weighted by molar-refractivity contribution is 4.96. The summed E-state index contributed by atoms with van der Waals surface area (Å²) in [7, 11) is 0. The molecule has 3 aliphatic rings. The zero-order valence-electron chi connectivity index (χ0n) is 13.9. The van der Waals surface area contributed by atoms with Crippen molar-refractivity contribution in [3.63, 3.8) is 0 Å². The molecule has 1 spiro atoms. The average molecular weight is 294 g/mol. The lowest BCUT2D eigenvalue weighted by atomic mass is 9.67. The minimum absolute atomic E-state index is 0.0569. The maximum Gasteiger partial charge on any atom is 0.0686 e. The number of ether oxygens (including phenoxy) is 1. The van der Waals surface area contributed by atoms with E-state index in [4.69, 9.17) is 4.74 Å². The molecule has 2 heteroatoms. The molecular formula is C19H34O2. The van der Waals surface area contributed by atoms with E-state index in [0.29, 0.717) is 11.8 Å². The number of aliphatic hydroxyl groups excluding tert-OH is 1. The van der Waals surface area contributed by atoms with Gasteiger partial charge in [-0.15, -0.1) is 0 Å². The summed E-state index contributed by atoms with van der Waals surface area (Å²) in [5, 5.41) is 10.9. The summed E-state index contributed by atoms with van der Waals surface area (Å²) in [5.74, 6) is 2.03. The van der Waals surface area contributed by atoms with E-state index in [1.807, 2.05) is 0 Å². The highest BCUT2D eigenvalue weighted by Crippen LogP contribution is 2.47. The second-order valence-corrected chi connectivity index (χ2v) is 8.05. The van der Waals surface area contributed by atoms with Gasteiger partial charge in [0, 0.05) is 6.61 Å². The topological polar surface area (TPSA) is 29.5 Å². The van der Waals surface area contributed by atoms with E-state index in [1.54, 1.807) is 0 Å². The SMILES string of the molecule is CCCCC1CCC(C(O)C2CCOC3(CCC3)C2)CC1. The second kappa shape index (κ2) is 7.00. The van der Waals surface area contributed by atoms with Gasteiger partial charge < -0.3 is 9.84 Å². The van der Waals surface area contributed by atoms with Gasteiger partial charge in [0.15, 0.2) is 0 Å². The quantitative estimate of drug-likeness (QED) is 0.797. The number of aliphatic hydroxyl groups is 1. The summed E-state index contributed by atoms with van der Waals surface area (Å²) in [4.78, 5) is 0. The third-order valence-corrected chi connectivity index (χ3v) is 6.62. The molecule has 0 aromatic heterocycles. The van der Waals surface area contributed by atoms with Gasteiger partial charge in [0.05, 0.1) is 11.7 Å². The molecule has 2 aliphatic carbocycles. The van der Waals surface area contributed by atoms with Gasteiger partial charge in [0.2, 0.25) is 0 Å². The van der Waals surface area contributed by atoms with E-state index in [2.05, 4.69) is 6.92 Å². The van der Waals surface area contributed by atoms with Crippen LogP contribution in [0.1, 0.15) is 84.0 Å². The molecule has 2 nitrogen and oxygen atoms in total. The Balaban J connectivity index is 1.46. The van der Waals surface area contributed by atoms with Gasteiger partial charge in [0.25, 0.3) is 0 Å². The lowest BCUT2D eigenvalue weighted by Crippen LogP contribution is -2.49. The fourth-order valence-corrected chi connectivity index (χ4v) is 4.97. The standard InChI is InChI=1S/C19H34O2/c1-2-3-5-15-6-8-16(9-7-15)18(20)17-10-13-21-19(14-17)11-4-12-19/h15-18,20H,2-14H2,1H3. The number of unbranched alkanes of at least 4 members (excludes halogenated alkanes) is 1. The fraction of sp³-hybridized carbons (Fsp3) is 1.00. The van der Waals surface area contributed by atoms with Crippen molar-refractivity contribution in [2.75, 3.05) is 6.61 Å². The highest BCUT2D eigenvalue weighted by Gasteiger charge is 2.45. The van der Waals surface area contributed by atoms with Crippen LogP contribution in [0.3, 0.4) is 0 Å². The van der Waals surface area contributed by atoms with Gasteiger partial charge >= 0.3 is 0 Å². The molecule has 21 heavy (non-hydrogen) atoms. The average Bonchev–Trinajstić information content (AvgIpc) is 2.51. The molecule has 1 heterocycles. The number of rotatable bonds is 5. The minimum atomic E-state index is -0.0569. The molecule has 0 amide bonds. The first kappa shape index (κ1) is 15.8. The van der Waals surface area contributed by atoms with Gasteiger partial charge in [-0.05, 0) is 62.7 Å². The van der Waals surface area contributed by atoms with Crippen LogP contribution in [0.25, 0.3) is 0 Å². The molecule has 0 bridgehead atoms. The van der Waals surface area contributed by atoms with E-state index in [0.717, 1.165) is 25.4 Å². The van der Waals surface area contributed by atoms with Gasteiger partial charge in [-0.3, -0.25) is 0 Å². The monoisotopic (exact) mass is 294 g/mol. The smallest absolute Gasteiger partial charge is 0.0686 e.